The van der Waals surface area contributed by atoms with E-state index in [4.69, 9.17) is 17.3 Å². The van der Waals surface area contributed by atoms with Gasteiger partial charge in [-0.3, -0.25) is 4.90 Å². The van der Waals surface area contributed by atoms with Crippen LogP contribution >= 0.6 is 11.6 Å². The molecule has 1 aromatic carbocycles. The molecule has 96 valence electrons. The van der Waals surface area contributed by atoms with Crippen molar-refractivity contribution in [2.75, 3.05) is 13.6 Å². The normalized spacial score (nSPS) is 13.4. The van der Waals surface area contributed by atoms with Gasteiger partial charge in [0.2, 0.25) is 0 Å². The van der Waals surface area contributed by atoms with Gasteiger partial charge in [0.05, 0.1) is 0 Å². The first-order valence-corrected chi connectivity index (χ1v) is 6.69. The highest BCUT2D eigenvalue weighted by Gasteiger charge is 2.22. The zero-order valence-corrected chi connectivity index (χ0v) is 11.7. The van der Waals surface area contributed by atoms with Gasteiger partial charge in [0, 0.05) is 23.7 Å². The van der Waals surface area contributed by atoms with Crippen molar-refractivity contribution in [2.24, 2.45) is 5.73 Å². The highest BCUT2D eigenvalue weighted by Crippen LogP contribution is 2.28. The van der Waals surface area contributed by atoms with Crippen molar-refractivity contribution >= 4 is 11.6 Å². The maximum absolute atomic E-state index is 6.25. The Balaban J connectivity index is 2.95. The predicted molar refractivity (Wildman–Crippen MR) is 75.4 cm³/mol. The van der Waals surface area contributed by atoms with E-state index in [0.29, 0.717) is 12.6 Å². The highest BCUT2D eigenvalue weighted by molar-refractivity contribution is 6.31. The second-order valence-electron chi connectivity index (χ2n) is 4.41. The molecular formula is C14H23ClN2. The third kappa shape index (κ3) is 3.44. The Labute approximate surface area is 110 Å². The van der Waals surface area contributed by atoms with Gasteiger partial charge in [-0.25, -0.2) is 0 Å². The third-order valence-electron chi connectivity index (χ3n) is 3.50. The molecule has 0 aliphatic carbocycles. The van der Waals surface area contributed by atoms with Crippen LogP contribution < -0.4 is 5.73 Å². The summed E-state index contributed by atoms with van der Waals surface area (Å²) in [5.41, 5.74) is 7.05. The maximum Gasteiger partial charge on any atom is 0.0485 e. The number of hydrogen-bond donors (Lipinski definition) is 1. The first-order chi connectivity index (χ1) is 8.15. The Bertz CT molecular complexity index is 337. The monoisotopic (exact) mass is 254 g/mol. The fourth-order valence-corrected chi connectivity index (χ4v) is 2.64. The summed E-state index contributed by atoms with van der Waals surface area (Å²) >= 11 is 6.25. The number of benzene rings is 1. The largest absolute Gasteiger partial charge is 0.329 e. The molecule has 0 saturated carbocycles. The number of likely N-dealkylation sites (N-methyl/N-ethyl adjacent to an activating group) is 1. The SMILES string of the molecule is CCC(CC)N(C)C(CN)c1ccccc1Cl. The van der Waals surface area contributed by atoms with Crippen molar-refractivity contribution in [2.45, 2.75) is 38.8 Å². The molecule has 0 aromatic heterocycles. The smallest absolute Gasteiger partial charge is 0.0485 e. The zero-order chi connectivity index (χ0) is 12.8. The Morgan fingerprint density at radius 1 is 1.24 bits per heavy atom. The lowest BCUT2D eigenvalue weighted by Crippen LogP contribution is -2.38. The quantitative estimate of drug-likeness (QED) is 0.843. The molecule has 0 saturated heterocycles. The molecule has 17 heavy (non-hydrogen) atoms. The highest BCUT2D eigenvalue weighted by atomic mass is 35.5. The van der Waals surface area contributed by atoms with Gasteiger partial charge < -0.3 is 5.73 Å². The number of nitrogens with zero attached hydrogens (tertiary/aromatic N) is 1. The molecule has 0 spiro atoms. The zero-order valence-electron chi connectivity index (χ0n) is 11.0. The van der Waals surface area contributed by atoms with E-state index >= 15 is 0 Å². The standard InChI is InChI=1S/C14H23ClN2/c1-4-11(5-2)17(3)14(10-16)12-8-6-7-9-13(12)15/h6-9,11,14H,4-5,10,16H2,1-3H3. The average Bonchev–Trinajstić information content (AvgIpc) is 2.34. The van der Waals surface area contributed by atoms with Crippen molar-refractivity contribution in [3.05, 3.63) is 34.9 Å². The number of nitrogens with two attached hydrogens (primary N) is 1. The molecule has 3 heteroatoms. The van der Waals surface area contributed by atoms with Crippen LogP contribution in [0.25, 0.3) is 0 Å². The maximum atomic E-state index is 6.25. The molecular weight excluding hydrogens is 232 g/mol. The molecule has 0 amide bonds. The molecule has 1 unspecified atom stereocenters. The Morgan fingerprint density at radius 2 is 1.82 bits per heavy atom. The summed E-state index contributed by atoms with van der Waals surface area (Å²) < 4.78 is 0. The lowest BCUT2D eigenvalue weighted by molar-refractivity contribution is 0.168. The molecule has 2 N–H and O–H groups in total. The second kappa shape index (κ2) is 7.00. The summed E-state index contributed by atoms with van der Waals surface area (Å²) in [6.45, 7) is 5.02. The Kier molecular flexibility index (Phi) is 5.96. The van der Waals surface area contributed by atoms with Gasteiger partial charge >= 0.3 is 0 Å². The molecule has 0 aliphatic heterocycles. The van der Waals surface area contributed by atoms with Crippen molar-refractivity contribution < 1.29 is 0 Å². The lowest BCUT2D eigenvalue weighted by atomic mass is 10.0. The molecule has 0 heterocycles. The van der Waals surface area contributed by atoms with Crippen LogP contribution in [0.2, 0.25) is 5.02 Å². The van der Waals surface area contributed by atoms with Crippen molar-refractivity contribution in [1.82, 2.24) is 4.90 Å². The van der Waals surface area contributed by atoms with E-state index in [1.165, 1.54) is 0 Å². The van der Waals surface area contributed by atoms with E-state index in [-0.39, 0.29) is 6.04 Å². The molecule has 0 fully saturated rings. The van der Waals surface area contributed by atoms with Gasteiger partial charge in [-0.1, -0.05) is 43.6 Å². The summed E-state index contributed by atoms with van der Waals surface area (Å²) in [6, 6.07) is 8.73. The minimum atomic E-state index is 0.202. The van der Waals surface area contributed by atoms with Gasteiger partial charge in [-0.2, -0.15) is 0 Å². The van der Waals surface area contributed by atoms with E-state index < -0.39 is 0 Å². The van der Waals surface area contributed by atoms with Gasteiger partial charge in [-0.15, -0.1) is 0 Å². The predicted octanol–water partition coefficient (Wildman–Crippen LogP) is 3.46. The summed E-state index contributed by atoms with van der Waals surface area (Å²) in [5.74, 6) is 0. The Hall–Kier alpha value is -0.570. The van der Waals surface area contributed by atoms with Gasteiger partial charge in [0.15, 0.2) is 0 Å². The lowest BCUT2D eigenvalue weighted by Gasteiger charge is -2.34. The fraction of sp³-hybridized carbons (Fsp3) is 0.571. The van der Waals surface area contributed by atoms with Crippen molar-refractivity contribution in [1.29, 1.82) is 0 Å². The minimum absolute atomic E-state index is 0.202. The van der Waals surface area contributed by atoms with Crippen LogP contribution in [0, 0.1) is 0 Å². The molecule has 2 nitrogen and oxygen atoms in total. The van der Waals surface area contributed by atoms with Crippen molar-refractivity contribution in [3.8, 4) is 0 Å². The number of halogens is 1. The van der Waals surface area contributed by atoms with Crippen LogP contribution in [0.4, 0.5) is 0 Å². The molecule has 1 atom stereocenters. The van der Waals surface area contributed by atoms with E-state index in [2.05, 4.69) is 31.9 Å². The van der Waals surface area contributed by atoms with E-state index in [1.807, 2.05) is 18.2 Å². The molecule has 0 radical (unpaired) electrons. The summed E-state index contributed by atoms with van der Waals surface area (Å²) in [6.07, 6.45) is 2.27. The molecule has 1 aromatic rings. The fourth-order valence-electron chi connectivity index (χ4n) is 2.38. The first-order valence-electron chi connectivity index (χ1n) is 6.32. The van der Waals surface area contributed by atoms with Crippen LogP contribution in [0.3, 0.4) is 0 Å². The van der Waals surface area contributed by atoms with Crippen LogP contribution in [-0.4, -0.2) is 24.5 Å². The number of hydrogen-bond acceptors (Lipinski definition) is 2. The van der Waals surface area contributed by atoms with Crippen LogP contribution in [0.5, 0.6) is 0 Å². The van der Waals surface area contributed by atoms with E-state index in [1.54, 1.807) is 0 Å². The second-order valence-corrected chi connectivity index (χ2v) is 4.82. The molecule has 0 aliphatic rings. The average molecular weight is 255 g/mol. The number of rotatable bonds is 6. The summed E-state index contributed by atoms with van der Waals surface area (Å²) in [7, 11) is 2.14. The summed E-state index contributed by atoms with van der Waals surface area (Å²) in [5, 5.41) is 0.806. The Morgan fingerprint density at radius 3 is 2.29 bits per heavy atom. The minimum Gasteiger partial charge on any atom is -0.329 e. The van der Waals surface area contributed by atoms with Crippen LogP contribution in [-0.2, 0) is 0 Å². The van der Waals surface area contributed by atoms with Crippen LogP contribution in [0.1, 0.15) is 38.3 Å². The van der Waals surface area contributed by atoms with Crippen molar-refractivity contribution in [3.63, 3.8) is 0 Å². The van der Waals surface area contributed by atoms with Gasteiger partial charge in [-0.05, 0) is 31.5 Å². The van der Waals surface area contributed by atoms with Crippen LogP contribution in [0.15, 0.2) is 24.3 Å². The van der Waals surface area contributed by atoms with Gasteiger partial charge in [0.1, 0.15) is 0 Å². The third-order valence-corrected chi connectivity index (χ3v) is 3.84. The molecule has 1 rings (SSSR count). The van der Waals surface area contributed by atoms with Gasteiger partial charge in [0.25, 0.3) is 0 Å². The summed E-state index contributed by atoms with van der Waals surface area (Å²) in [4.78, 5) is 2.35. The topological polar surface area (TPSA) is 29.3 Å². The molecule has 0 bridgehead atoms. The van der Waals surface area contributed by atoms with E-state index in [9.17, 15) is 0 Å². The van der Waals surface area contributed by atoms with E-state index in [0.717, 1.165) is 23.4 Å². The first kappa shape index (κ1) is 14.5.